The molecule has 1 aromatic carbocycles. The van der Waals surface area contributed by atoms with Gasteiger partial charge in [-0.05, 0) is 17.7 Å². The Balaban J connectivity index is 2.26. The Labute approximate surface area is 108 Å². The highest BCUT2D eigenvalue weighted by Gasteiger charge is 2.19. The van der Waals surface area contributed by atoms with Crippen molar-refractivity contribution in [3.8, 4) is 0 Å². The highest BCUT2D eigenvalue weighted by Crippen LogP contribution is 2.24. The van der Waals surface area contributed by atoms with Crippen molar-refractivity contribution in [1.29, 1.82) is 0 Å². The fraction of sp³-hybridized carbons (Fsp3) is 0.167. The number of hydrogen-bond donors (Lipinski definition) is 3. The number of nitrogen functional groups attached to an aromatic ring is 1. The molecule has 0 saturated carbocycles. The molecule has 19 heavy (non-hydrogen) atoms. The van der Waals surface area contributed by atoms with E-state index in [1.54, 1.807) is 12.3 Å². The number of carboxylic acid groups (broad SMARTS) is 1. The van der Waals surface area contributed by atoms with Gasteiger partial charge in [0.1, 0.15) is 17.7 Å². The first-order chi connectivity index (χ1) is 9.06. The van der Waals surface area contributed by atoms with E-state index in [0.717, 1.165) is 0 Å². The Kier molecular flexibility index (Phi) is 3.65. The molecule has 0 aliphatic heterocycles. The van der Waals surface area contributed by atoms with Crippen molar-refractivity contribution >= 4 is 12.0 Å². The van der Waals surface area contributed by atoms with E-state index >= 15 is 0 Å². The monoisotopic (exact) mass is 265 g/mol. The lowest BCUT2D eigenvalue weighted by Gasteiger charge is -2.16. The quantitative estimate of drug-likeness (QED) is 0.735. The molecule has 1 unspecified atom stereocenters. The lowest BCUT2D eigenvalue weighted by Crippen LogP contribution is -2.12. The summed E-state index contributed by atoms with van der Waals surface area (Å²) in [6, 6.07) is 5.58. The largest absolute Gasteiger partial charge is 0.506 e. The second-order valence-electron chi connectivity index (χ2n) is 3.93. The number of aromatic nitrogens is 2. The van der Waals surface area contributed by atoms with Gasteiger partial charge in [0, 0.05) is 18.2 Å². The van der Waals surface area contributed by atoms with Gasteiger partial charge < -0.3 is 15.6 Å². The lowest BCUT2D eigenvalue weighted by molar-refractivity contribution is 0.0512. The number of hydrogen-bond acceptors (Lipinski definition) is 4. The summed E-state index contributed by atoms with van der Waals surface area (Å²) in [5, 5.41) is 15.0. The summed E-state index contributed by atoms with van der Waals surface area (Å²) in [5.74, 6) is -0.202. The third kappa shape index (κ3) is 3.21. The molecule has 0 aliphatic rings. The number of nitrogens with two attached hydrogens (primary N) is 1. The van der Waals surface area contributed by atoms with Gasteiger partial charge in [-0.1, -0.05) is 12.1 Å². The molecule has 100 valence electrons. The number of H-pyrrole nitrogens is 1. The zero-order valence-electron chi connectivity index (χ0n) is 9.84. The van der Waals surface area contributed by atoms with E-state index in [9.17, 15) is 9.18 Å². The fourth-order valence-electron chi connectivity index (χ4n) is 1.74. The van der Waals surface area contributed by atoms with Gasteiger partial charge in [-0.25, -0.2) is 9.18 Å². The smallest absolute Gasteiger partial charge is 0.450 e. The second-order valence-corrected chi connectivity index (χ2v) is 3.93. The summed E-state index contributed by atoms with van der Waals surface area (Å²) >= 11 is 0. The molecule has 1 aromatic heterocycles. The number of rotatable bonds is 4. The molecule has 1 heterocycles. The maximum Gasteiger partial charge on any atom is 0.506 e. The number of benzene rings is 1. The maximum absolute atomic E-state index is 13.2. The van der Waals surface area contributed by atoms with Crippen LogP contribution in [-0.2, 0) is 11.2 Å². The summed E-state index contributed by atoms with van der Waals surface area (Å²) in [5.41, 5.74) is 6.63. The number of anilines is 1. The predicted octanol–water partition coefficient (Wildman–Crippen LogP) is 2.11. The molecule has 0 saturated heterocycles. The molecule has 0 bridgehead atoms. The minimum Gasteiger partial charge on any atom is -0.450 e. The molecule has 0 radical (unpaired) electrons. The van der Waals surface area contributed by atoms with E-state index in [1.165, 1.54) is 18.2 Å². The van der Waals surface area contributed by atoms with Crippen LogP contribution in [0, 0.1) is 5.82 Å². The highest BCUT2D eigenvalue weighted by atomic mass is 19.1. The second kappa shape index (κ2) is 5.38. The standard InChI is InChI=1S/C12H12FN3O3/c13-9-3-1-2-7(4-9)10(19-12(17)18)5-8-6-15-16-11(8)14/h1-4,6,10H,5H2,(H,17,18)(H3,14,15,16). The molecule has 2 rings (SSSR count). The SMILES string of the molecule is Nc1n[nH]cc1CC(OC(=O)O)c1cccc(F)c1. The Morgan fingerprint density at radius 1 is 1.58 bits per heavy atom. The summed E-state index contributed by atoms with van der Waals surface area (Å²) in [6.45, 7) is 0. The summed E-state index contributed by atoms with van der Waals surface area (Å²) in [7, 11) is 0. The number of nitrogens with one attached hydrogen (secondary N) is 1. The minimum absolute atomic E-state index is 0.179. The molecule has 0 spiro atoms. The number of ether oxygens (including phenoxy) is 1. The van der Waals surface area contributed by atoms with Gasteiger partial charge >= 0.3 is 6.16 Å². The third-order valence-electron chi connectivity index (χ3n) is 2.62. The van der Waals surface area contributed by atoms with Crippen molar-refractivity contribution in [2.75, 3.05) is 5.73 Å². The van der Waals surface area contributed by atoms with Gasteiger partial charge in [0.05, 0.1) is 0 Å². The molecule has 0 fully saturated rings. The van der Waals surface area contributed by atoms with E-state index in [-0.39, 0.29) is 12.2 Å². The van der Waals surface area contributed by atoms with Crippen LogP contribution in [0.5, 0.6) is 0 Å². The lowest BCUT2D eigenvalue weighted by atomic mass is 10.0. The van der Waals surface area contributed by atoms with Gasteiger partial charge in [0.2, 0.25) is 0 Å². The summed E-state index contributed by atoms with van der Waals surface area (Å²) < 4.78 is 17.9. The van der Waals surface area contributed by atoms with Gasteiger partial charge in [0.15, 0.2) is 0 Å². The van der Waals surface area contributed by atoms with Crippen LogP contribution < -0.4 is 5.73 Å². The fourth-order valence-corrected chi connectivity index (χ4v) is 1.74. The molecular formula is C12H12FN3O3. The van der Waals surface area contributed by atoms with Crippen molar-refractivity contribution in [3.05, 3.63) is 47.4 Å². The van der Waals surface area contributed by atoms with Crippen LogP contribution in [-0.4, -0.2) is 21.5 Å². The Morgan fingerprint density at radius 2 is 2.37 bits per heavy atom. The first-order valence-electron chi connectivity index (χ1n) is 5.49. The first-order valence-corrected chi connectivity index (χ1v) is 5.49. The average molecular weight is 265 g/mol. The van der Waals surface area contributed by atoms with Crippen LogP contribution in [0.1, 0.15) is 17.2 Å². The molecule has 2 aromatic rings. The Bertz CT molecular complexity index is 585. The Morgan fingerprint density at radius 3 is 2.95 bits per heavy atom. The number of carbonyl (C=O) groups is 1. The van der Waals surface area contributed by atoms with Crippen molar-refractivity contribution < 1.29 is 19.0 Å². The average Bonchev–Trinajstić information content (AvgIpc) is 2.74. The van der Waals surface area contributed by atoms with Crippen LogP contribution >= 0.6 is 0 Å². The summed E-state index contributed by atoms with van der Waals surface area (Å²) in [4.78, 5) is 10.7. The van der Waals surface area contributed by atoms with Crippen LogP contribution in [0.15, 0.2) is 30.5 Å². The van der Waals surface area contributed by atoms with Crippen molar-refractivity contribution in [2.24, 2.45) is 0 Å². The Hall–Kier alpha value is -2.57. The van der Waals surface area contributed by atoms with Gasteiger partial charge in [-0.2, -0.15) is 5.10 Å². The predicted molar refractivity (Wildman–Crippen MR) is 65.0 cm³/mol. The molecule has 4 N–H and O–H groups in total. The van der Waals surface area contributed by atoms with Gasteiger partial charge in [-0.15, -0.1) is 0 Å². The van der Waals surface area contributed by atoms with Gasteiger partial charge in [-0.3, -0.25) is 5.10 Å². The van der Waals surface area contributed by atoms with Crippen LogP contribution in [0.3, 0.4) is 0 Å². The zero-order valence-corrected chi connectivity index (χ0v) is 9.84. The van der Waals surface area contributed by atoms with Gasteiger partial charge in [0.25, 0.3) is 0 Å². The molecule has 1 atom stereocenters. The molecular weight excluding hydrogens is 253 g/mol. The van der Waals surface area contributed by atoms with E-state index < -0.39 is 18.1 Å². The topological polar surface area (TPSA) is 101 Å². The van der Waals surface area contributed by atoms with Crippen molar-refractivity contribution in [2.45, 2.75) is 12.5 Å². The van der Waals surface area contributed by atoms with E-state index in [0.29, 0.717) is 11.1 Å². The van der Waals surface area contributed by atoms with E-state index in [2.05, 4.69) is 10.2 Å². The van der Waals surface area contributed by atoms with Crippen LogP contribution in [0.4, 0.5) is 15.0 Å². The number of aromatic amines is 1. The first kappa shape index (κ1) is 12.9. The number of halogens is 1. The van der Waals surface area contributed by atoms with Crippen LogP contribution in [0.2, 0.25) is 0 Å². The molecule has 0 aliphatic carbocycles. The number of nitrogens with zero attached hydrogens (tertiary/aromatic N) is 1. The normalized spacial score (nSPS) is 12.1. The highest BCUT2D eigenvalue weighted by molar-refractivity contribution is 5.57. The summed E-state index contributed by atoms with van der Waals surface area (Å²) in [6.07, 6.45) is -0.547. The van der Waals surface area contributed by atoms with E-state index in [4.69, 9.17) is 15.6 Å². The van der Waals surface area contributed by atoms with E-state index in [1.807, 2.05) is 0 Å². The maximum atomic E-state index is 13.2. The van der Waals surface area contributed by atoms with Crippen molar-refractivity contribution in [1.82, 2.24) is 10.2 Å². The third-order valence-corrected chi connectivity index (χ3v) is 2.62. The molecule has 6 nitrogen and oxygen atoms in total. The zero-order chi connectivity index (χ0) is 13.8. The van der Waals surface area contributed by atoms with Crippen LogP contribution in [0.25, 0.3) is 0 Å². The minimum atomic E-state index is -1.43. The molecule has 7 heteroatoms. The van der Waals surface area contributed by atoms with Crippen molar-refractivity contribution in [3.63, 3.8) is 0 Å². The molecule has 0 amide bonds.